The molecule has 1 fully saturated rings. The normalized spacial score (nSPS) is 17.9. The van der Waals surface area contributed by atoms with Gasteiger partial charge >= 0.3 is 0 Å². The standard InChI is InChI=1S/C20H19ClFN3/c1-13-12-23-8-9-25(13)20-6-7-24-19-11-15(17(21)10-16(19)20)14-4-2-3-5-18(14)22/h2-7,10-11,13,23H,8-9,12H2,1H3/t13-/m0/s1. The second kappa shape index (κ2) is 6.62. The van der Waals surface area contributed by atoms with E-state index in [0.717, 1.165) is 36.2 Å². The molecule has 0 bridgehead atoms. The highest BCUT2D eigenvalue weighted by Gasteiger charge is 2.21. The van der Waals surface area contributed by atoms with Crippen LogP contribution in [0.2, 0.25) is 5.02 Å². The highest BCUT2D eigenvalue weighted by Crippen LogP contribution is 2.36. The number of pyridine rings is 1. The van der Waals surface area contributed by atoms with Crippen molar-refractivity contribution in [2.24, 2.45) is 0 Å². The lowest BCUT2D eigenvalue weighted by molar-refractivity contribution is 0.502. The van der Waals surface area contributed by atoms with Crippen LogP contribution in [0.15, 0.2) is 48.7 Å². The summed E-state index contributed by atoms with van der Waals surface area (Å²) in [5.41, 5.74) is 3.12. The number of anilines is 1. The first-order chi connectivity index (χ1) is 12.1. The maximum atomic E-state index is 14.2. The van der Waals surface area contributed by atoms with Crippen molar-refractivity contribution in [2.45, 2.75) is 13.0 Å². The van der Waals surface area contributed by atoms with E-state index < -0.39 is 0 Å². The molecule has 1 aliphatic heterocycles. The molecule has 1 N–H and O–H groups in total. The summed E-state index contributed by atoms with van der Waals surface area (Å²) in [6.07, 6.45) is 1.81. The average molecular weight is 356 g/mol. The van der Waals surface area contributed by atoms with Crippen molar-refractivity contribution < 1.29 is 4.39 Å². The molecule has 1 aliphatic rings. The Bertz CT molecular complexity index is 928. The highest BCUT2D eigenvalue weighted by atomic mass is 35.5. The van der Waals surface area contributed by atoms with Crippen molar-refractivity contribution in [1.82, 2.24) is 10.3 Å². The van der Waals surface area contributed by atoms with E-state index in [1.165, 1.54) is 6.07 Å². The van der Waals surface area contributed by atoms with Crippen LogP contribution in [0.1, 0.15) is 6.92 Å². The lowest BCUT2D eigenvalue weighted by Gasteiger charge is -2.36. The third kappa shape index (κ3) is 2.96. The van der Waals surface area contributed by atoms with Crippen molar-refractivity contribution >= 4 is 28.2 Å². The monoisotopic (exact) mass is 355 g/mol. The maximum absolute atomic E-state index is 14.2. The van der Waals surface area contributed by atoms with Crippen LogP contribution < -0.4 is 10.2 Å². The number of hydrogen-bond donors (Lipinski definition) is 1. The van der Waals surface area contributed by atoms with E-state index in [2.05, 4.69) is 22.1 Å². The molecule has 0 spiro atoms. The number of nitrogens with one attached hydrogen (secondary N) is 1. The van der Waals surface area contributed by atoms with Crippen LogP contribution in [-0.2, 0) is 0 Å². The molecular weight excluding hydrogens is 337 g/mol. The minimum atomic E-state index is -0.282. The predicted octanol–water partition coefficient (Wildman–Crippen LogP) is 4.49. The van der Waals surface area contributed by atoms with E-state index in [-0.39, 0.29) is 5.82 Å². The molecule has 3 aromatic rings. The van der Waals surface area contributed by atoms with E-state index in [4.69, 9.17) is 11.6 Å². The van der Waals surface area contributed by atoms with Gasteiger partial charge in [0.2, 0.25) is 0 Å². The van der Waals surface area contributed by atoms with Crippen molar-refractivity contribution in [2.75, 3.05) is 24.5 Å². The Labute approximate surface area is 151 Å². The summed E-state index contributed by atoms with van der Waals surface area (Å²) in [6.45, 7) is 5.04. The van der Waals surface area contributed by atoms with Crippen LogP contribution in [0, 0.1) is 5.82 Å². The molecule has 0 amide bonds. The van der Waals surface area contributed by atoms with Gasteiger partial charge in [-0.25, -0.2) is 4.39 Å². The molecular formula is C20H19ClFN3. The quantitative estimate of drug-likeness (QED) is 0.734. The largest absolute Gasteiger partial charge is 0.366 e. The van der Waals surface area contributed by atoms with Gasteiger partial charge in [-0.1, -0.05) is 29.8 Å². The number of hydrogen-bond acceptors (Lipinski definition) is 3. The molecule has 25 heavy (non-hydrogen) atoms. The topological polar surface area (TPSA) is 28.2 Å². The maximum Gasteiger partial charge on any atom is 0.131 e. The third-order valence-electron chi connectivity index (χ3n) is 4.78. The fourth-order valence-corrected chi connectivity index (χ4v) is 3.75. The van der Waals surface area contributed by atoms with Gasteiger partial charge in [0.15, 0.2) is 0 Å². The molecule has 2 aromatic carbocycles. The molecule has 0 saturated carbocycles. The SMILES string of the molecule is C[C@H]1CNCCN1c1ccnc2cc(-c3ccccc3F)c(Cl)cc12. The van der Waals surface area contributed by atoms with Crippen molar-refractivity contribution in [3.05, 3.63) is 59.5 Å². The molecule has 1 saturated heterocycles. The van der Waals surface area contributed by atoms with E-state index in [1.54, 1.807) is 12.1 Å². The van der Waals surface area contributed by atoms with Crippen molar-refractivity contribution in [3.8, 4) is 11.1 Å². The Balaban J connectivity index is 1.87. The van der Waals surface area contributed by atoms with Crippen molar-refractivity contribution in [3.63, 3.8) is 0 Å². The molecule has 1 aromatic heterocycles. The zero-order chi connectivity index (χ0) is 17.4. The third-order valence-corrected chi connectivity index (χ3v) is 5.09. The van der Waals surface area contributed by atoms with E-state index in [0.29, 0.717) is 22.2 Å². The number of rotatable bonds is 2. The number of benzene rings is 2. The summed E-state index contributed by atoms with van der Waals surface area (Å²) in [6, 6.07) is 12.9. The van der Waals surface area contributed by atoms with E-state index >= 15 is 0 Å². The Morgan fingerprint density at radius 1 is 1.20 bits per heavy atom. The van der Waals surface area contributed by atoms with Gasteiger partial charge in [-0.05, 0) is 31.2 Å². The van der Waals surface area contributed by atoms with E-state index in [1.807, 2.05) is 30.5 Å². The fraction of sp³-hybridized carbons (Fsp3) is 0.250. The molecule has 4 rings (SSSR count). The molecule has 128 valence electrons. The number of piperazine rings is 1. The number of halogens is 2. The minimum Gasteiger partial charge on any atom is -0.366 e. The molecule has 0 unspecified atom stereocenters. The lowest BCUT2D eigenvalue weighted by Crippen LogP contribution is -2.50. The van der Waals surface area contributed by atoms with Gasteiger partial charge in [0.05, 0.1) is 5.52 Å². The smallest absolute Gasteiger partial charge is 0.131 e. The second-order valence-corrected chi connectivity index (χ2v) is 6.81. The molecule has 5 heteroatoms. The Morgan fingerprint density at radius 3 is 2.84 bits per heavy atom. The highest BCUT2D eigenvalue weighted by molar-refractivity contribution is 6.34. The van der Waals surface area contributed by atoms with Gasteiger partial charge in [-0.3, -0.25) is 4.98 Å². The Morgan fingerprint density at radius 2 is 2.04 bits per heavy atom. The van der Waals surface area contributed by atoms with Crippen LogP contribution in [-0.4, -0.2) is 30.7 Å². The number of aromatic nitrogens is 1. The zero-order valence-corrected chi connectivity index (χ0v) is 14.7. The summed E-state index contributed by atoms with van der Waals surface area (Å²) in [4.78, 5) is 6.87. The van der Waals surface area contributed by atoms with Crippen LogP contribution in [0.4, 0.5) is 10.1 Å². The van der Waals surface area contributed by atoms with Crippen LogP contribution >= 0.6 is 11.6 Å². The van der Waals surface area contributed by atoms with Crippen LogP contribution in [0.5, 0.6) is 0 Å². The first-order valence-corrected chi connectivity index (χ1v) is 8.83. The first kappa shape index (κ1) is 16.3. The van der Waals surface area contributed by atoms with Crippen molar-refractivity contribution in [1.29, 1.82) is 0 Å². The van der Waals surface area contributed by atoms with E-state index in [9.17, 15) is 4.39 Å². The molecule has 0 radical (unpaired) electrons. The van der Waals surface area contributed by atoms with Gasteiger partial charge in [0, 0.05) is 59.1 Å². The molecule has 1 atom stereocenters. The fourth-order valence-electron chi connectivity index (χ4n) is 3.49. The number of fused-ring (bicyclic) bond motifs is 1. The molecule has 2 heterocycles. The lowest BCUT2D eigenvalue weighted by atomic mass is 10.0. The van der Waals surface area contributed by atoms with Gasteiger partial charge in [0.1, 0.15) is 5.82 Å². The second-order valence-electron chi connectivity index (χ2n) is 6.41. The number of nitrogens with zero attached hydrogens (tertiary/aromatic N) is 2. The Kier molecular flexibility index (Phi) is 4.32. The van der Waals surface area contributed by atoms with Gasteiger partial charge in [-0.2, -0.15) is 0 Å². The summed E-state index contributed by atoms with van der Waals surface area (Å²) in [5.74, 6) is -0.282. The zero-order valence-electron chi connectivity index (χ0n) is 14.0. The summed E-state index contributed by atoms with van der Waals surface area (Å²) < 4.78 is 14.2. The first-order valence-electron chi connectivity index (χ1n) is 8.45. The van der Waals surface area contributed by atoms with Gasteiger partial charge in [0.25, 0.3) is 0 Å². The van der Waals surface area contributed by atoms with Crippen LogP contribution in [0.25, 0.3) is 22.0 Å². The van der Waals surface area contributed by atoms with Gasteiger partial charge in [-0.15, -0.1) is 0 Å². The summed E-state index contributed by atoms with van der Waals surface area (Å²) in [5, 5.41) is 4.94. The minimum absolute atomic E-state index is 0.282. The van der Waals surface area contributed by atoms with Gasteiger partial charge < -0.3 is 10.2 Å². The average Bonchev–Trinajstić information content (AvgIpc) is 2.62. The Hall–Kier alpha value is -2.17. The van der Waals surface area contributed by atoms with Crippen LogP contribution in [0.3, 0.4) is 0 Å². The summed E-state index contributed by atoms with van der Waals surface area (Å²) >= 11 is 6.53. The predicted molar refractivity (Wildman–Crippen MR) is 102 cm³/mol. The molecule has 0 aliphatic carbocycles. The molecule has 3 nitrogen and oxygen atoms in total. The summed E-state index contributed by atoms with van der Waals surface area (Å²) in [7, 11) is 0.